The summed E-state index contributed by atoms with van der Waals surface area (Å²) >= 11 is 0. The van der Waals surface area contributed by atoms with Gasteiger partial charge >= 0.3 is 5.97 Å². The molecule has 1 aliphatic rings. The lowest BCUT2D eigenvalue weighted by atomic mass is 9.62. The van der Waals surface area contributed by atoms with E-state index in [0.29, 0.717) is 13.2 Å². The monoisotopic (exact) mass is 212 g/mol. The average Bonchev–Trinajstić information content (AvgIpc) is 1.98. The van der Waals surface area contributed by atoms with Crippen LogP contribution in [0.15, 0.2) is 12.7 Å². The predicted molar refractivity (Wildman–Crippen MR) is 58.5 cm³/mol. The van der Waals surface area contributed by atoms with E-state index in [1.165, 1.54) is 6.08 Å². The third-order valence-electron chi connectivity index (χ3n) is 3.45. The first-order valence-corrected chi connectivity index (χ1v) is 5.24. The Morgan fingerprint density at radius 3 is 2.33 bits per heavy atom. The second kappa shape index (κ2) is 3.97. The lowest BCUT2D eigenvalue weighted by Gasteiger charge is -2.53. The second-order valence-corrected chi connectivity index (χ2v) is 5.18. The highest BCUT2D eigenvalue weighted by Crippen LogP contribution is 2.48. The van der Waals surface area contributed by atoms with Crippen molar-refractivity contribution >= 4 is 5.97 Å². The van der Waals surface area contributed by atoms with Gasteiger partial charge in [-0.05, 0) is 12.3 Å². The molecule has 0 radical (unpaired) electrons. The SMILES string of the molecule is C=CC(=O)OC(C)C1(C(C)(C)C)COC1. The topological polar surface area (TPSA) is 35.5 Å². The Hall–Kier alpha value is -0.830. The van der Waals surface area contributed by atoms with Gasteiger partial charge < -0.3 is 9.47 Å². The van der Waals surface area contributed by atoms with Gasteiger partial charge in [-0.1, -0.05) is 27.4 Å². The van der Waals surface area contributed by atoms with Crippen molar-refractivity contribution in [1.29, 1.82) is 0 Å². The standard InChI is InChI=1S/C12H20O3/c1-6-10(13)15-9(2)12(7-14-8-12)11(3,4)5/h6,9H,1,7-8H2,2-5H3. The summed E-state index contributed by atoms with van der Waals surface area (Å²) in [4.78, 5) is 11.2. The second-order valence-electron chi connectivity index (χ2n) is 5.18. The minimum Gasteiger partial charge on any atom is -0.459 e. The number of rotatable bonds is 3. The Bertz CT molecular complexity index is 259. The highest BCUT2D eigenvalue weighted by atomic mass is 16.6. The van der Waals surface area contributed by atoms with E-state index >= 15 is 0 Å². The zero-order valence-corrected chi connectivity index (χ0v) is 10.0. The van der Waals surface area contributed by atoms with Crippen LogP contribution >= 0.6 is 0 Å². The molecule has 0 aromatic rings. The number of carbonyl (C=O) groups is 1. The summed E-state index contributed by atoms with van der Waals surface area (Å²) in [6.45, 7) is 13.1. The van der Waals surface area contributed by atoms with Crippen molar-refractivity contribution in [2.75, 3.05) is 13.2 Å². The van der Waals surface area contributed by atoms with Gasteiger partial charge in [0, 0.05) is 6.08 Å². The van der Waals surface area contributed by atoms with E-state index in [9.17, 15) is 4.79 Å². The summed E-state index contributed by atoms with van der Waals surface area (Å²) in [5, 5.41) is 0. The van der Waals surface area contributed by atoms with Crippen molar-refractivity contribution in [3.8, 4) is 0 Å². The molecule has 1 rings (SSSR count). The van der Waals surface area contributed by atoms with E-state index in [1.807, 2.05) is 6.92 Å². The normalized spacial score (nSPS) is 21.3. The quantitative estimate of drug-likeness (QED) is 0.531. The fourth-order valence-corrected chi connectivity index (χ4v) is 1.93. The summed E-state index contributed by atoms with van der Waals surface area (Å²) in [5.74, 6) is -0.363. The summed E-state index contributed by atoms with van der Waals surface area (Å²) in [6, 6.07) is 0. The first kappa shape index (κ1) is 12.2. The molecular weight excluding hydrogens is 192 g/mol. The molecular formula is C12H20O3. The molecule has 1 atom stereocenters. The lowest BCUT2D eigenvalue weighted by molar-refractivity contribution is -0.226. The molecule has 0 bridgehead atoms. The van der Waals surface area contributed by atoms with Crippen LogP contribution < -0.4 is 0 Å². The van der Waals surface area contributed by atoms with Gasteiger partial charge in [0.1, 0.15) is 6.10 Å². The largest absolute Gasteiger partial charge is 0.459 e. The number of hydrogen-bond donors (Lipinski definition) is 0. The maximum absolute atomic E-state index is 11.2. The summed E-state index contributed by atoms with van der Waals surface area (Å²) in [6.07, 6.45) is 1.06. The molecule has 15 heavy (non-hydrogen) atoms. The number of ether oxygens (including phenoxy) is 2. The van der Waals surface area contributed by atoms with Gasteiger partial charge in [0.05, 0.1) is 18.6 Å². The van der Waals surface area contributed by atoms with Crippen molar-refractivity contribution in [3.05, 3.63) is 12.7 Å². The number of carbonyl (C=O) groups excluding carboxylic acids is 1. The Labute approximate surface area is 91.4 Å². The van der Waals surface area contributed by atoms with Gasteiger partial charge in [0.15, 0.2) is 0 Å². The molecule has 3 heteroatoms. The zero-order valence-electron chi connectivity index (χ0n) is 10.0. The van der Waals surface area contributed by atoms with Gasteiger partial charge in [-0.15, -0.1) is 0 Å². The van der Waals surface area contributed by atoms with Crippen molar-refractivity contribution in [2.45, 2.75) is 33.8 Å². The van der Waals surface area contributed by atoms with E-state index < -0.39 is 0 Å². The fourth-order valence-electron chi connectivity index (χ4n) is 1.93. The van der Waals surface area contributed by atoms with E-state index in [-0.39, 0.29) is 22.9 Å². The van der Waals surface area contributed by atoms with Crippen LogP contribution in [0.2, 0.25) is 0 Å². The molecule has 0 aliphatic carbocycles. The number of hydrogen-bond acceptors (Lipinski definition) is 3. The van der Waals surface area contributed by atoms with E-state index in [0.717, 1.165) is 0 Å². The van der Waals surface area contributed by atoms with Gasteiger partial charge in [-0.3, -0.25) is 0 Å². The van der Waals surface area contributed by atoms with Crippen molar-refractivity contribution in [1.82, 2.24) is 0 Å². The molecule has 1 aliphatic heterocycles. The third-order valence-corrected chi connectivity index (χ3v) is 3.45. The maximum Gasteiger partial charge on any atom is 0.330 e. The summed E-state index contributed by atoms with van der Waals surface area (Å²) in [5.41, 5.74) is -0.00220. The minimum atomic E-state index is -0.363. The van der Waals surface area contributed by atoms with Gasteiger partial charge in [0.25, 0.3) is 0 Å². The molecule has 1 heterocycles. The third kappa shape index (κ3) is 2.07. The Morgan fingerprint density at radius 1 is 1.53 bits per heavy atom. The van der Waals surface area contributed by atoms with E-state index in [4.69, 9.17) is 9.47 Å². The molecule has 1 unspecified atom stereocenters. The molecule has 86 valence electrons. The van der Waals surface area contributed by atoms with Crippen LogP contribution in [0.25, 0.3) is 0 Å². The molecule has 1 saturated heterocycles. The van der Waals surface area contributed by atoms with Gasteiger partial charge in [0.2, 0.25) is 0 Å². The van der Waals surface area contributed by atoms with Crippen LogP contribution in [-0.2, 0) is 14.3 Å². The lowest BCUT2D eigenvalue weighted by Crippen LogP contribution is -2.59. The molecule has 0 saturated carbocycles. The van der Waals surface area contributed by atoms with Crippen LogP contribution in [0.5, 0.6) is 0 Å². The van der Waals surface area contributed by atoms with Crippen LogP contribution in [0, 0.1) is 10.8 Å². The Kier molecular flexibility index (Phi) is 3.24. The molecule has 0 N–H and O–H groups in total. The minimum absolute atomic E-state index is 0.0616. The average molecular weight is 212 g/mol. The smallest absolute Gasteiger partial charge is 0.330 e. The fraction of sp³-hybridized carbons (Fsp3) is 0.750. The van der Waals surface area contributed by atoms with Gasteiger partial charge in [-0.2, -0.15) is 0 Å². The van der Waals surface area contributed by atoms with Crippen molar-refractivity contribution in [3.63, 3.8) is 0 Å². The predicted octanol–water partition coefficient (Wildman–Crippen LogP) is 2.17. The number of esters is 1. The maximum atomic E-state index is 11.2. The zero-order chi connectivity index (χ0) is 11.7. The Morgan fingerprint density at radius 2 is 2.07 bits per heavy atom. The molecule has 0 aromatic carbocycles. The van der Waals surface area contributed by atoms with Gasteiger partial charge in [-0.25, -0.2) is 4.79 Å². The van der Waals surface area contributed by atoms with Crippen LogP contribution in [0.3, 0.4) is 0 Å². The van der Waals surface area contributed by atoms with Crippen LogP contribution in [-0.4, -0.2) is 25.3 Å². The first-order chi connectivity index (χ1) is 6.83. The van der Waals surface area contributed by atoms with E-state index in [1.54, 1.807) is 0 Å². The molecule has 0 amide bonds. The highest BCUT2D eigenvalue weighted by molar-refractivity contribution is 5.81. The van der Waals surface area contributed by atoms with Crippen molar-refractivity contribution < 1.29 is 14.3 Å². The highest BCUT2D eigenvalue weighted by Gasteiger charge is 2.53. The summed E-state index contributed by atoms with van der Waals surface area (Å²) in [7, 11) is 0. The van der Waals surface area contributed by atoms with E-state index in [2.05, 4.69) is 27.4 Å². The first-order valence-electron chi connectivity index (χ1n) is 5.24. The van der Waals surface area contributed by atoms with Crippen LogP contribution in [0.1, 0.15) is 27.7 Å². The Balaban J connectivity index is 2.74. The van der Waals surface area contributed by atoms with Crippen molar-refractivity contribution in [2.24, 2.45) is 10.8 Å². The summed E-state index contributed by atoms with van der Waals surface area (Å²) < 4.78 is 10.6. The molecule has 0 aromatic heterocycles. The molecule has 0 spiro atoms. The molecule has 1 fully saturated rings. The molecule has 3 nitrogen and oxygen atoms in total. The van der Waals surface area contributed by atoms with Crippen LogP contribution in [0.4, 0.5) is 0 Å².